The van der Waals surface area contributed by atoms with Crippen molar-refractivity contribution in [3.8, 4) is 0 Å². The molecule has 1 rings (SSSR count). The molecule has 0 aliphatic carbocycles. The molecule has 1 heteroatoms. The van der Waals surface area contributed by atoms with Crippen molar-refractivity contribution in [2.45, 2.75) is 156 Å². The quantitative estimate of drug-likeness (QED) is 0.156. The summed E-state index contributed by atoms with van der Waals surface area (Å²) in [6.45, 7) is 12.7. The van der Waals surface area contributed by atoms with Gasteiger partial charge >= 0.3 is 0 Å². The number of nitrogens with zero attached hydrogens (tertiary/aromatic N) is 1. The lowest BCUT2D eigenvalue weighted by atomic mass is 9.98. The first-order valence-corrected chi connectivity index (χ1v) is 13.6. The molecule has 1 nitrogen and oxygen atoms in total. The van der Waals surface area contributed by atoms with Crippen LogP contribution < -0.4 is 4.57 Å². The van der Waals surface area contributed by atoms with E-state index in [0.29, 0.717) is 11.8 Å². The highest BCUT2D eigenvalue weighted by molar-refractivity contribution is 5.20. The van der Waals surface area contributed by atoms with Gasteiger partial charge in [-0.25, -0.2) is 4.57 Å². The lowest BCUT2D eigenvalue weighted by Crippen LogP contribution is -2.34. The lowest BCUT2D eigenvalue weighted by Gasteiger charge is -2.10. The standard InChI is InChI=1S/C29H54N/c1-6-7-8-9-10-11-12-13-14-15-16-17-18-19-20-21-22-30-24-28(26(2)3)23-29(25-30)27(4)5/h23-27H,6-22H2,1-5H3/q+1. The largest absolute Gasteiger partial charge is 0.205 e. The second kappa shape index (κ2) is 17.8. The Kier molecular flexibility index (Phi) is 16.1. The summed E-state index contributed by atoms with van der Waals surface area (Å²) in [7, 11) is 0. The van der Waals surface area contributed by atoms with E-state index in [1.165, 1.54) is 120 Å². The van der Waals surface area contributed by atoms with Gasteiger partial charge in [-0.2, -0.15) is 0 Å². The van der Waals surface area contributed by atoms with Crippen molar-refractivity contribution in [2.75, 3.05) is 0 Å². The Bertz CT molecular complexity index is 491. The maximum Gasteiger partial charge on any atom is 0.172 e. The molecule has 0 saturated carbocycles. The van der Waals surface area contributed by atoms with Gasteiger partial charge in [-0.3, -0.25) is 0 Å². The van der Waals surface area contributed by atoms with Gasteiger partial charge in [-0.05, 0) is 24.3 Å². The van der Waals surface area contributed by atoms with Gasteiger partial charge in [0.2, 0.25) is 0 Å². The van der Waals surface area contributed by atoms with Crippen molar-refractivity contribution >= 4 is 0 Å². The zero-order chi connectivity index (χ0) is 22.0. The van der Waals surface area contributed by atoms with Gasteiger partial charge in [0.25, 0.3) is 0 Å². The van der Waals surface area contributed by atoms with Crippen molar-refractivity contribution < 1.29 is 4.57 Å². The Labute approximate surface area is 190 Å². The predicted molar refractivity (Wildman–Crippen MR) is 134 cm³/mol. The second-order valence-corrected chi connectivity index (χ2v) is 10.3. The second-order valence-electron chi connectivity index (χ2n) is 10.3. The van der Waals surface area contributed by atoms with Crippen LogP contribution in [0.25, 0.3) is 0 Å². The van der Waals surface area contributed by atoms with E-state index in [1.54, 1.807) is 0 Å². The van der Waals surface area contributed by atoms with Gasteiger partial charge in [0, 0.05) is 17.5 Å². The van der Waals surface area contributed by atoms with E-state index < -0.39 is 0 Å². The Balaban J connectivity index is 1.99. The van der Waals surface area contributed by atoms with Crippen LogP contribution in [0.15, 0.2) is 18.5 Å². The molecule has 0 radical (unpaired) electrons. The summed E-state index contributed by atoms with van der Waals surface area (Å²) in [5, 5.41) is 0. The van der Waals surface area contributed by atoms with Crippen LogP contribution in [-0.2, 0) is 6.54 Å². The average Bonchev–Trinajstić information content (AvgIpc) is 2.73. The van der Waals surface area contributed by atoms with E-state index in [4.69, 9.17) is 0 Å². The highest BCUT2D eigenvalue weighted by atomic mass is 14.9. The van der Waals surface area contributed by atoms with Crippen LogP contribution in [0, 0.1) is 0 Å². The third-order valence-corrected chi connectivity index (χ3v) is 6.57. The minimum atomic E-state index is 0.612. The molecular formula is C29H54N+. The number of pyridine rings is 1. The molecule has 1 aromatic rings. The lowest BCUT2D eigenvalue weighted by molar-refractivity contribution is -0.698. The Morgan fingerprint density at radius 3 is 1.20 bits per heavy atom. The van der Waals surface area contributed by atoms with Crippen LogP contribution in [-0.4, -0.2) is 0 Å². The normalized spacial score (nSPS) is 11.7. The topological polar surface area (TPSA) is 3.88 Å². The van der Waals surface area contributed by atoms with E-state index >= 15 is 0 Å². The van der Waals surface area contributed by atoms with Crippen LogP contribution in [0.1, 0.15) is 160 Å². The summed E-state index contributed by atoms with van der Waals surface area (Å²) in [4.78, 5) is 0. The fourth-order valence-electron chi connectivity index (χ4n) is 4.29. The molecular weight excluding hydrogens is 362 g/mol. The summed E-state index contributed by atoms with van der Waals surface area (Å²) < 4.78 is 2.45. The van der Waals surface area contributed by atoms with Gasteiger partial charge < -0.3 is 0 Å². The number of hydrogen-bond donors (Lipinski definition) is 0. The SMILES string of the molecule is CCCCCCCCCCCCCCCCCC[n+]1cc(C(C)C)cc(C(C)C)c1. The zero-order valence-electron chi connectivity index (χ0n) is 21.4. The molecule has 0 saturated heterocycles. The Morgan fingerprint density at radius 1 is 0.533 bits per heavy atom. The highest BCUT2D eigenvalue weighted by Gasteiger charge is 2.12. The maximum absolute atomic E-state index is 2.45. The molecule has 0 atom stereocenters. The first-order valence-electron chi connectivity index (χ1n) is 13.6. The van der Waals surface area contributed by atoms with Crippen LogP contribution in [0.3, 0.4) is 0 Å². The molecule has 1 aromatic heterocycles. The van der Waals surface area contributed by atoms with Crippen LogP contribution >= 0.6 is 0 Å². The zero-order valence-corrected chi connectivity index (χ0v) is 21.4. The molecule has 0 aliphatic heterocycles. The fraction of sp³-hybridized carbons (Fsp3) is 0.828. The van der Waals surface area contributed by atoms with Gasteiger partial charge in [0.1, 0.15) is 6.54 Å². The van der Waals surface area contributed by atoms with Crippen molar-refractivity contribution in [3.63, 3.8) is 0 Å². The minimum Gasteiger partial charge on any atom is -0.205 e. The maximum atomic E-state index is 2.45. The molecule has 30 heavy (non-hydrogen) atoms. The third kappa shape index (κ3) is 13.5. The molecule has 0 unspecified atom stereocenters. The van der Waals surface area contributed by atoms with E-state index in [2.05, 4.69) is 57.6 Å². The molecule has 0 spiro atoms. The molecule has 0 amide bonds. The summed E-state index contributed by atoms with van der Waals surface area (Å²) in [5.41, 5.74) is 2.97. The summed E-state index contributed by atoms with van der Waals surface area (Å²) >= 11 is 0. The van der Waals surface area contributed by atoms with Gasteiger partial charge in [0.05, 0.1) is 0 Å². The molecule has 0 N–H and O–H groups in total. The van der Waals surface area contributed by atoms with E-state index in [9.17, 15) is 0 Å². The molecule has 0 aliphatic rings. The minimum absolute atomic E-state index is 0.612. The van der Waals surface area contributed by atoms with Crippen molar-refractivity contribution in [1.29, 1.82) is 0 Å². The van der Waals surface area contributed by atoms with E-state index in [0.717, 1.165) is 0 Å². The van der Waals surface area contributed by atoms with Crippen molar-refractivity contribution in [1.82, 2.24) is 0 Å². The fourth-order valence-corrected chi connectivity index (χ4v) is 4.29. The number of unbranched alkanes of at least 4 members (excludes halogenated alkanes) is 15. The molecule has 174 valence electrons. The van der Waals surface area contributed by atoms with Crippen LogP contribution in [0.2, 0.25) is 0 Å². The smallest absolute Gasteiger partial charge is 0.172 e. The van der Waals surface area contributed by atoms with Crippen LogP contribution in [0.4, 0.5) is 0 Å². The predicted octanol–water partition coefficient (Wildman–Crippen LogP) is 9.48. The Morgan fingerprint density at radius 2 is 0.867 bits per heavy atom. The third-order valence-electron chi connectivity index (χ3n) is 6.57. The molecule has 0 bridgehead atoms. The summed E-state index contributed by atoms with van der Waals surface area (Å²) in [6, 6.07) is 2.40. The summed E-state index contributed by atoms with van der Waals surface area (Å²) in [5.74, 6) is 1.22. The van der Waals surface area contributed by atoms with Gasteiger partial charge in [-0.1, -0.05) is 125 Å². The van der Waals surface area contributed by atoms with Gasteiger partial charge in [0.15, 0.2) is 12.4 Å². The van der Waals surface area contributed by atoms with Crippen molar-refractivity contribution in [2.24, 2.45) is 0 Å². The van der Waals surface area contributed by atoms with Crippen molar-refractivity contribution in [3.05, 3.63) is 29.6 Å². The highest BCUT2D eigenvalue weighted by Crippen LogP contribution is 2.19. The molecule has 0 aromatic carbocycles. The first-order chi connectivity index (χ1) is 14.5. The van der Waals surface area contributed by atoms with E-state index in [-0.39, 0.29) is 0 Å². The monoisotopic (exact) mass is 416 g/mol. The number of aromatic nitrogens is 1. The Hall–Kier alpha value is -0.850. The van der Waals surface area contributed by atoms with Gasteiger partial charge in [-0.15, -0.1) is 0 Å². The molecule has 0 fully saturated rings. The molecule has 1 heterocycles. The van der Waals surface area contributed by atoms with Crippen LogP contribution in [0.5, 0.6) is 0 Å². The number of hydrogen-bond acceptors (Lipinski definition) is 0. The number of aryl methyl sites for hydroxylation is 1. The number of rotatable bonds is 19. The van der Waals surface area contributed by atoms with E-state index in [1.807, 2.05) is 0 Å². The summed E-state index contributed by atoms with van der Waals surface area (Å²) in [6.07, 6.45) is 27.8. The average molecular weight is 417 g/mol. The first kappa shape index (κ1) is 27.2.